The lowest BCUT2D eigenvalue weighted by Crippen LogP contribution is -1.96. The van der Waals surface area contributed by atoms with E-state index in [-0.39, 0.29) is 0 Å². The van der Waals surface area contributed by atoms with Gasteiger partial charge in [0.05, 0.1) is 5.69 Å². The zero-order valence-electron chi connectivity index (χ0n) is 14.2. The summed E-state index contributed by atoms with van der Waals surface area (Å²) in [5, 5.41) is 3.65. The fourth-order valence-corrected chi connectivity index (χ4v) is 3.51. The molecule has 1 nitrogen and oxygen atoms in total. The molecule has 0 unspecified atom stereocenters. The summed E-state index contributed by atoms with van der Waals surface area (Å²) in [6.45, 7) is 0. The van der Waals surface area contributed by atoms with Gasteiger partial charge in [0.25, 0.3) is 0 Å². The number of halogens is 1. The molecule has 0 spiro atoms. The third-order valence-corrected chi connectivity index (χ3v) is 4.82. The molecule has 26 heavy (non-hydrogen) atoms. The monoisotopic (exact) mass is 399 g/mol. The first kappa shape index (κ1) is 16.6. The Hall–Kier alpha value is -2.84. The molecule has 0 saturated heterocycles. The zero-order chi connectivity index (χ0) is 17.8. The van der Waals surface area contributed by atoms with Crippen LogP contribution in [0.3, 0.4) is 0 Å². The van der Waals surface area contributed by atoms with Crippen LogP contribution in [0.4, 0.5) is 11.4 Å². The molecular formula is C24H18BrN. The molecule has 0 aliphatic carbocycles. The number of benzene rings is 4. The summed E-state index contributed by atoms with van der Waals surface area (Å²) in [5.41, 5.74) is 6.94. The predicted molar refractivity (Wildman–Crippen MR) is 115 cm³/mol. The molecule has 4 rings (SSSR count). The van der Waals surface area contributed by atoms with Crippen LogP contribution in [-0.2, 0) is 0 Å². The van der Waals surface area contributed by atoms with Crippen LogP contribution in [0.25, 0.3) is 22.3 Å². The van der Waals surface area contributed by atoms with Crippen molar-refractivity contribution >= 4 is 27.3 Å². The number of anilines is 2. The van der Waals surface area contributed by atoms with Crippen molar-refractivity contribution in [1.29, 1.82) is 0 Å². The van der Waals surface area contributed by atoms with Crippen LogP contribution < -0.4 is 5.32 Å². The number of hydrogen-bond acceptors (Lipinski definition) is 1. The molecule has 2 heteroatoms. The minimum Gasteiger partial charge on any atom is -0.354 e. The van der Waals surface area contributed by atoms with Gasteiger partial charge in [0, 0.05) is 21.3 Å². The standard InChI is InChI=1S/C24H18BrN/c25-20-13-7-14-21(17-20)26-24-22(18-9-3-1-4-10-18)15-8-16-23(24)19-11-5-2-6-12-19/h1-17,26H. The molecule has 0 fully saturated rings. The Morgan fingerprint density at radius 2 is 1.08 bits per heavy atom. The van der Waals surface area contributed by atoms with Gasteiger partial charge >= 0.3 is 0 Å². The summed E-state index contributed by atoms with van der Waals surface area (Å²) in [7, 11) is 0. The van der Waals surface area contributed by atoms with Gasteiger partial charge in [-0.05, 0) is 29.3 Å². The van der Waals surface area contributed by atoms with Crippen LogP contribution in [-0.4, -0.2) is 0 Å². The van der Waals surface area contributed by atoms with E-state index in [1.54, 1.807) is 0 Å². The Morgan fingerprint density at radius 3 is 1.62 bits per heavy atom. The van der Waals surface area contributed by atoms with Crippen molar-refractivity contribution in [2.75, 3.05) is 5.32 Å². The van der Waals surface area contributed by atoms with Crippen LogP contribution in [0.1, 0.15) is 0 Å². The molecule has 1 N–H and O–H groups in total. The Bertz CT molecular complexity index is 953. The number of rotatable bonds is 4. The number of nitrogens with one attached hydrogen (secondary N) is 1. The summed E-state index contributed by atoms with van der Waals surface area (Å²) in [6, 6.07) is 35.7. The molecule has 4 aromatic rings. The Labute approximate surface area is 162 Å². The lowest BCUT2D eigenvalue weighted by molar-refractivity contribution is 1.51. The number of para-hydroxylation sites is 1. The Kier molecular flexibility index (Phi) is 4.85. The fraction of sp³-hybridized carbons (Fsp3) is 0. The highest BCUT2D eigenvalue weighted by Gasteiger charge is 2.12. The van der Waals surface area contributed by atoms with Crippen LogP contribution in [0, 0.1) is 0 Å². The largest absolute Gasteiger partial charge is 0.354 e. The second kappa shape index (κ2) is 7.59. The van der Waals surface area contributed by atoms with Gasteiger partial charge in [-0.1, -0.05) is 101 Å². The fourth-order valence-electron chi connectivity index (χ4n) is 3.11. The normalized spacial score (nSPS) is 10.5. The average Bonchev–Trinajstić information content (AvgIpc) is 2.69. The first-order chi connectivity index (χ1) is 12.8. The van der Waals surface area contributed by atoms with Crippen LogP contribution in [0.15, 0.2) is 108 Å². The van der Waals surface area contributed by atoms with Gasteiger partial charge < -0.3 is 5.32 Å². The first-order valence-corrected chi connectivity index (χ1v) is 9.37. The topological polar surface area (TPSA) is 12.0 Å². The maximum Gasteiger partial charge on any atom is 0.0543 e. The molecule has 0 saturated carbocycles. The summed E-state index contributed by atoms with van der Waals surface area (Å²) in [5.74, 6) is 0. The van der Waals surface area contributed by atoms with Crippen molar-refractivity contribution in [3.8, 4) is 22.3 Å². The van der Waals surface area contributed by atoms with E-state index in [9.17, 15) is 0 Å². The van der Waals surface area contributed by atoms with Crippen LogP contribution in [0.5, 0.6) is 0 Å². The van der Waals surface area contributed by atoms with Gasteiger partial charge in [0.2, 0.25) is 0 Å². The molecule has 0 bridgehead atoms. The van der Waals surface area contributed by atoms with E-state index in [1.165, 1.54) is 22.3 Å². The van der Waals surface area contributed by atoms with E-state index >= 15 is 0 Å². The molecule has 0 aliphatic heterocycles. The van der Waals surface area contributed by atoms with Gasteiger partial charge in [0.15, 0.2) is 0 Å². The average molecular weight is 400 g/mol. The summed E-state index contributed by atoms with van der Waals surface area (Å²) >= 11 is 3.56. The van der Waals surface area contributed by atoms with Crippen LogP contribution in [0.2, 0.25) is 0 Å². The highest BCUT2D eigenvalue weighted by atomic mass is 79.9. The lowest BCUT2D eigenvalue weighted by atomic mass is 9.95. The predicted octanol–water partition coefficient (Wildman–Crippen LogP) is 7.53. The third-order valence-electron chi connectivity index (χ3n) is 4.33. The third kappa shape index (κ3) is 3.56. The van der Waals surface area contributed by atoms with E-state index in [4.69, 9.17) is 0 Å². The zero-order valence-corrected chi connectivity index (χ0v) is 15.8. The number of hydrogen-bond donors (Lipinski definition) is 1. The summed E-state index contributed by atoms with van der Waals surface area (Å²) in [6.07, 6.45) is 0. The van der Waals surface area contributed by atoms with Crippen molar-refractivity contribution in [2.45, 2.75) is 0 Å². The maximum atomic E-state index is 3.65. The van der Waals surface area contributed by atoms with E-state index in [1.807, 2.05) is 24.3 Å². The van der Waals surface area contributed by atoms with Crippen molar-refractivity contribution in [3.63, 3.8) is 0 Å². The highest BCUT2D eigenvalue weighted by molar-refractivity contribution is 9.10. The molecule has 0 atom stereocenters. The molecular weight excluding hydrogens is 382 g/mol. The van der Waals surface area contributed by atoms with Gasteiger partial charge in [-0.3, -0.25) is 0 Å². The second-order valence-corrected chi connectivity index (χ2v) is 7.01. The Balaban J connectivity index is 1.90. The van der Waals surface area contributed by atoms with Crippen molar-refractivity contribution < 1.29 is 0 Å². The molecule has 4 aromatic carbocycles. The Morgan fingerprint density at radius 1 is 0.538 bits per heavy atom. The molecule has 0 aliphatic rings. The van der Waals surface area contributed by atoms with Gasteiger partial charge in [0.1, 0.15) is 0 Å². The smallest absolute Gasteiger partial charge is 0.0543 e. The van der Waals surface area contributed by atoms with E-state index in [0.29, 0.717) is 0 Å². The summed E-state index contributed by atoms with van der Waals surface area (Å²) < 4.78 is 1.06. The van der Waals surface area contributed by atoms with Crippen molar-refractivity contribution in [3.05, 3.63) is 108 Å². The molecule has 0 amide bonds. The minimum atomic E-state index is 1.06. The van der Waals surface area contributed by atoms with E-state index < -0.39 is 0 Å². The quantitative estimate of drug-likeness (QED) is 0.373. The maximum absolute atomic E-state index is 3.65. The van der Waals surface area contributed by atoms with E-state index in [2.05, 4.69) is 100 Å². The van der Waals surface area contributed by atoms with Gasteiger partial charge in [-0.15, -0.1) is 0 Å². The SMILES string of the molecule is Brc1cccc(Nc2c(-c3ccccc3)cccc2-c2ccccc2)c1. The van der Waals surface area contributed by atoms with Gasteiger partial charge in [-0.2, -0.15) is 0 Å². The minimum absolute atomic E-state index is 1.06. The van der Waals surface area contributed by atoms with Gasteiger partial charge in [-0.25, -0.2) is 0 Å². The first-order valence-electron chi connectivity index (χ1n) is 8.58. The molecule has 0 radical (unpaired) electrons. The summed E-state index contributed by atoms with van der Waals surface area (Å²) in [4.78, 5) is 0. The van der Waals surface area contributed by atoms with Crippen molar-refractivity contribution in [2.24, 2.45) is 0 Å². The second-order valence-electron chi connectivity index (χ2n) is 6.10. The van der Waals surface area contributed by atoms with Crippen molar-refractivity contribution in [1.82, 2.24) is 0 Å². The van der Waals surface area contributed by atoms with E-state index in [0.717, 1.165) is 15.8 Å². The van der Waals surface area contributed by atoms with Crippen LogP contribution >= 0.6 is 15.9 Å². The highest BCUT2D eigenvalue weighted by Crippen LogP contribution is 2.38. The molecule has 0 heterocycles. The molecule has 126 valence electrons. The lowest BCUT2D eigenvalue weighted by Gasteiger charge is -2.18. The molecule has 0 aromatic heterocycles.